The van der Waals surface area contributed by atoms with Crippen molar-refractivity contribution < 1.29 is 4.74 Å². The van der Waals surface area contributed by atoms with Gasteiger partial charge >= 0.3 is 0 Å². The van der Waals surface area contributed by atoms with Gasteiger partial charge in [0.05, 0.1) is 16.9 Å². The van der Waals surface area contributed by atoms with E-state index in [4.69, 9.17) is 4.74 Å². The zero-order chi connectivity index (χ0) is 13.8. The van der Waals surface area contributed by atoms with Gasteiger partial charge in [0.2, 0.25) is 0 Å². The first-order chi connectivity index (χ1) is 9.15. The number of hydrogen-bond donors (Lipinski definition) is 1. The summed E-state index contributed by atoms with van der Waals surface area (Å²) in [6.45, 7) is 3.01. The number of thiophene rings is 1. The van der Waals surface area contributed by atoms with Crippen molar-refractivity contribution in [2.75, 3.05) is 13.7 Å². The fourth-order valence-corrected chi connectivity index (χ4v) is 3.83. The van der Waals surface area contributed by atoms with Gasteiger partial charge in [-0.3, -0.25) is 0 Å². The lowest BCUT2D eigenvalue weighted by Gasteiger charge is -2.20. The molecule has 5 heteroatoms. The highest BCUT2D eigenvalue weighted by molar-refractivity contribution is 9.11. The summed E-state index contributed by atoms with van der Waals surface area (Å²) in [6, 6.07) is 10.5. The van der Waals surface area contributed by atoms with Crippen LogP contribution in [0, 0.1) is 0 Å². The molecular weight excluding hydrogens is 390 g/mol. The average Bonchev–Trinajstić information content (AvgIpc) is 2.82. The fourth-order valence-electron chi connectivity index (χ4n) is 1.97. The molecule has 102 valence electrons. The second kappa shape index (κ2) is 6.88. The molecule has 0 bridgehead atoms. The minimum Gasteiger partial charge on any atom is -0.496 e. The van der Waals surface area contributed by atoms with Crippen LogP contribution >= 0.6 is 43.2 Å². The van der Waals surface area contributed by atoms with E-state index in [9.17, 15) is 0 Å². The first-order valence-corrected chi connectivity index (χ1v) is 8.38. The van der Waals surface area contributed by atoms with Crippen LogP contribution in [0.25, 0.3) is 0 Å². The molecule has 0 radical (unpaired) electrons. The second-order valence-electron chi connectivity index (χ2n) is 4.02. The number of ether oxygens (including phenoxy) is 1. The highest BCUT2D eigenvalue weighted by Gasteiger charge is 2.19. The molecule has 2 nitrogen and oxygen atoms in total. The van der Waals surface area contributed by atoms with Crippen LogP contribution in [-0.4, -0.2) is 13.7 Å². The molecule has 1 aromatic carbocycles. The van der Waals surface area contributed by atoms with Crippen molar-refractivity contribution in [3.8, 4) is 5.75 Å². The van der Waals surface area contributed by atoms with E-state index in [1.54, 1.807) is 18.4 Å². The minimum atomic E-state index is 0.157. The van der Waals surface area contributed by atoms with Gasteiger partial charge in [0.1, 0.15) is 5.75 Å². The topological polar surface area (TPSA) is 21.3 Å². The number of hydrogen-bond acceptors (Lipinski definition) is 3. The van der Waals surface area contributed by atoms with Crippen LogP contribution in [0.15, 0.2) is 38.6 Å². The maximum Gasteiger partial charge on any atom is 0.125 e. The number of halogens is 2. The highest BCUT2D eigenvalue weighted by atomic mass is 79.9. The summed E-state index contributed by atoms with van der Waals surface area (Å²) in [5, 5.41) is 3.52. The monoisotopic (exact) mass is 403 g/mol. The van der Waals surface area contributed by atoms with Gasteiger partial charge in [-0.15, -0.1) is 11.3 Å². The van der Waals surface area contributed by atoms with E-state index in [1.165, 1.54) is 4.88 Å². The van der Waals surface area contributed by atoms with Crippen molar-refractivity contribution in [2.45, 2.75) is 13.0 Å². The predicted molar refractivity (Wildman–Crippen MR) is 88.2 cm³/mol. The Morgan fingerprint density at radius 1 is 1.26 bits per heavy atom. The SMILES string of the molecule is CCNC(c1ccc(Br)s1)c1ccc(Br)cc1OC. The summed E-state index contributed by atoms with van der Waals surface area (Å²) >= 11 is 8.74. The van der Waals surface area contributed by atoms with Gasteiger partial charge in [0.15, 0.2) is 0 Å². The quantitative estimate of drug-likeness (QED) is 0.758. The lowest BCUT2D eigenvalue weighted by atomic mass is 10.0. The Hall–Kier alpha value is -0.360. The van der Waals surface area contributed by atoms with Crippen molar-refractivity contribution in [2.24, 2.45) is 0 Å². The molecule has 1 N–H and O–H groups in total. The van der Waals surface area contributed by atoms with Gasteiger partial charge in [-0.1, -0.05) is 28.9 Å². The summed E-state index contributed by atoms with van der Waals surface area (Å²) in [4.78, 5) is 1.27. The molecule has 1 heterocycles. The molecule has 0 saturated heterocycles. The first-order valence-electron chi connectivity index (χ1n) is 5.97. The number of methoxy groups -OCH3 is 1. The summed E-state index contributed by atoms with van der Waals surface area (Å²) in [5.74, 6) is 0.893. The number of nitrogens with one attached hydrogen (secondary N) is 1. The van der Waals surface area contributed by atoms with Gasteiger partial charge in [-0.25, -0.2) is 0 Å². The molecule has 2 rings (SSSR count). The Morgan fingerprint density at radius 3 is 2.63 bits per heavy atom. The van der Waals surface area contributed by atoms with Gasteiger partial charge in [0.25, 0.3) is 0 Å². The van der Waals surface area contributed by atoms with Crippen LogP contribution in [-0.2, 0) is 0 Å². The van der Waals surface area contributed by atoms with Crippen LogP contribution in [0.1, 0.15) is 23.4 Å². The average molecular weight is 405 g/mol. The van der Waals surface area contributed by atoms with E-state index in [0.29, 0.717) is 0 Å². The molecule has 0 fully saturated rings. The molecule has 1 atom stereocenters. The number of rotatable bonds is 5. The van der Waals surface area contributed by atoms with Crippen LogP contribution in [0.5, 0.6) is 5.75 Å². The molecule has 1 unspecified atom stereocenters. The molecule has 0 aliphatic rings. The Labute approximate surface area is 134 Å². The largest absolute Gasteiger partial charge is 0.496 e. The highest BCUT2D eigenvalue weighted by Crippen LogP contribution is 2.36. The first kappa shape index (κ1) is 15.0. The van der Waals surface area contributed by atoms with E-state index in [2.05, 4.69) is 62.3 Å². The third-order valence-corrected chi connectivity index (χ3v) is 4.98. The Kier molecular flexibility index (Phi) is 5.45. The smallest absolute Gasteiger partial charge is 0.125 e. The lowest BCUT2D eigenvalue weighted by molar-refractivity contribution is 0.404. The zero-order valence-electron chi connectivity index (χ0n) is 10.7. The van der Waals surface area contributed by atoms with Crippen LogP contribution in [0.3, 0.4) is 0 Å². The van der Waals surface area contributed by atoms with Gasteiger partial charge in [-0.2, -0.15) is 0 Å². The molecule has 0 aliphatic heterocycles. The molecule has 2 aromatic rings. The maximum atomic E-state index is 5.50. The minimum absolute atomic E-state index is 0.157. The summed E-state index contributed by atoms with van der Waals surface area (Å²) in [5.41, 5.74) is 1.15. The summed E-state index contributed by atoms with van der Waals surface area (Å²) in [6.07, 6.45) is 0. The molecule has 0 spiro atoms. The molecule has 1 aromatic heterocycles. The summed E-state index contributed by atoms with van der Waals surface area (Å²) in [7, 11) is 1.71. The van der Waals surface area contributed by atoms with Crippen molar-refractivity contribution in [3.05, 3.63) is 49.0 Å². The van der Waals surface area contributed by atoms with E-state index in [0.717, 1.165) is 26.1 Å². The van der Waals surface area contributed by atoms with Gasteiger partial charge in [-0.05, 0) is 46.7 Å². The van der Waals surface area contributed by atoms with Crippen molar-refractivity contribution in [3.63, 3.8) is 0 Å². The van der Waals surface area contributed by atoms with Crippen molar-refractivity contribution in [1.29, 1.82) is 0 Å². The van der Waals surface area contributed by atoms with E-state index in [1.807, 2.05) is 12.1 Å². The normalized spacial score (nSPS) is 12.4. The predicted octanol–water partition coefficient (Wildman–Crippen LogP) is 4.98. The Balaban J connectivity index is 2.44. The third-order valence-electron chi connectivity index (χ3n) is 2.79. The van der Waals surface area contributed by atoms with E-state index in [-0.39, 0.29) is 6.04 Å². The lowest BCUT2D eigenvalue weighted by Crippen LogP contribution is -2.21. The fraction of sp³-hybridized carbons (Fsp3) is 0.286. The van der Waals surface area contributed by atoms with Crippen LogP contribution in [0.2, 0.25) is 0 Å². The van der Waals surface area contributed by atoms with E-state index >= 15 is 0 Å². The molecule has 0 amide bonds. The summed E-state index contributed by atoms with van der Waals surface area (Å²) < 4.78 is 7.67. The van der Waals surface area contributed by atoms with Crippen molar-refractivity contribution in [1.82, 2.24) is 5.32 Å². The van der Waals surface area contributed by atoms with Crippen molar-refractivity contribution >= 4 is 43.2 Å². The molecule has 19 heavy (non-hydrogen) atoms. The maximum absolute atomic E-state index is 5.50. The van der Waals surface area contributed by atoms with Gasteiger partial charge in [0, 0.05) is 14.9 Å². The van der Waals surface area contributed by atoms with Crippen LogP contribution in [0.4, 0.5) is 0 Å². The third kappa shape index (κ3) is 3.60. The standard InChI is InChI=1S/C14H15Br2NOS/c1-3-17-14(12-6-7-13(16)19-12)10-5-4-9(15)8-11(10)18-2/h4-8,14,17H,3H2,1-2H3. The Bertz CT molecular complexity index is 556. The van der Waals surface area contributed by atoms with Gasteiger partial charge < -0.3 is 10.1 Å². The van der Waals surface area contributed by atoms with Crippen LogP contribution < -0.4 is 10.1 Å². The van der Waals surface area contributed by atoms with E-state index < -0.39 is 0 Å². The molecule has 0 aliphatic carbocycles. The number of benzene rings is 1. The zero-order valence-corrected chi connectivity index (χ0v) is 14.7. The Morgan fingerprint density at radius 2 is 2.05 bits per heavy atom. The molecule has 0 saturated carbocycles. The second-order valence-corrected chi connectivity index (χ2v) is 7.43. The molecular formula is C14H15Br2NOS.